The molecule has 33 heavy (non-hydrogen) atoms. The van der Waals surface area contributed by atoms with E-state index in [1.807, 2.05) is 48.8 Å². The van der Waals surface area contributed by atoms with Crippen LogP contribution in [0.5, 0.6) is 0 Å². The maximum absolute atomic E-state index is 6.60. The standard InChI is InChI=1S/C26H22Cl2N4S/c1-2-17-8-11-19(12-9-17)32-25(24(30-26(32)33)21-6-3-4-14-29-21)23-7-5-15-31(23)22-13-10-18(27)16-20(22)28/h3-16,24-25H,2H2,1H3,(H,30,33). The van der Waals surface area contributed by atoms with Crippen LogP contribution >= 0.6 is 35.4 Å². The van der Waals surface area contributed by atoms with Gasteiger partial charge >= 0.3 is 0 Å². The number of benzene rings is 2. The van der Waals surface area contributed by atoms with Gasteiger partial charge in [-0.05, 0) is 78.8 Å². The first-order chi connectivity index (χ1) is 16.1. The minimum absolute atomic E-state index is 0.135. The van der Waals surface area contributed by atoms with Gasteiger partial charge in [0.2, 0.25) is 0 Å². The molecule has 1 N–H and O–H groups in total. The molecule has 2 aromatic heterocycles. The fourth-order valence-electron chi connectivity index (χ4n) is 4.36. The molecule has 0 saturated carbocycles. The summed E-state index contributed by atoms with van der Waals surface area (Å²) in [7, 11) is 0. The summed E-state index contributed by atoms with van der Waals surface area (Å²) in [6.45, 7) is 2.15. The zero-order valence-corrected chi connectivity index (χ0v) is 20.3. The molecule has 0 bridgehead atoms. The summed E-state index contributed by atoms with van der Waals surface area (Å²) in [5.74, 6) is 0. The second kappa shape index (κ2) is 9.18. The van der Waals surface area contributed by atoms with Crippen LogP contribution < -0.4 is 10.2 Å². The van der Waals surface area contributed by atoms with Crippen LogP contribution in [0.15, 0.2) is 85.2 Å². The summed E-state index contributed by atoms with van der Waals surface area (Å²) in [4.78, 5) is 6.81. The lowest BCUT2D eigenvalue weighted by Crippen LogP contribution is -2.30. The highest BCUT2D eigenvalue weighted by atomic mass is 35.5. The number of nitrogens with one attached hydrogen (secondary N) is 1. The minimum Gasteiger partial charge on any atom is -0.351 e. The Bertz CT molecular complexity index is 1290. The molecule has 0 spiro atoms. The van der Waals surface area contributed by atoms with Gasteiger partial charge in [0.1, 0.15) is 6.04 Å². The quantitative estimate of drug-likeness (QED) is 0.306. The summed E-state index contributed by atoms with van der Waals surface area (Å²) >= 11 is 18.6. The van der Waals surface area contributed by atoms with E-state index in [0.29, 0.717) is 15.2 Å². The van der Waals surface area contributed by atoms with Crippen molar-refractivity contribution >= 4 is 46.2 Å². The Kier molecular flexibility index (Phi) is 6.11. The molecule has 1 fully saturated rings. The van der Waals surface area contributed by atoms with Crippen LogP contribution in [0.25, 0.3) is 5.69 Å². The van der Waals surface area contributed by atoms with Gasteiger partial charge in [-0.15, -0.1) is 0 Å². The Morgan fingerprint density at radius 1 is 1.00 bits per heavy atom. The molecule has 4 nitrogen and oxygen atoms in total. The number of nitrogens with zero attached hydrogens (tertiary/aromatic N) is 3. The predicted molar refractivity (Wildman–Crippen MR) is 140 cm³/mol. The molecule has 5 rings (SSSR count). The van der Waals surface area contributed by atoms with Gasteiger partial charge in [-0.1, -0.05) is 48.3 Å². The Labute approximate surface area is 208 Å². The molecule has 4 aromatic rings. The first kappa shape index (κ1) is 22.0. The van der Waals surface area contributed by atoms with E-state index in [4.69, 9.17) is 35.4 Å². The smallest absolute Gasteiger partial charge is 0.174 e. The van der Waals surface area contributed by atoms with E-state index in [9.17, 15) is 0 Å². The highest BCUT2D eigenvalue weighted by Crippen LogP contribution is 2.42. The van der Waals surface area contributed by atoms with Crippen LogP contribution in [0.2, 0.25) is 10.0 Å². The van der Waals surface area contributed by atoms with Gasteiger partial charge < -0.3 is 14.8 Å². The van der Waals surface area contributed by atoms with E-state index >= 15 is 0 Å². The third kappa shape index (κ3) is 4.12. The molecule has 2 unspecified atom stereocenters. The summed E-state index contributed by atoms with van der Waals surface area (Å²) in [5, 5.41) is 5.36. The van der Waals surface area contributed by atoms with Crippen molar-refractivity contribution in [3.05, 3.63) is 112 Å². The molecule has 1 aliphatic rings. The molecule has 3 heterocycles. The Morgan fingerprint density at radius 3 is 2.52 bits per heavy atom. The zero-order chi connectivity index (χ0) is 22.9. The fraction of sp³-hybridized carbons (Fsp3) is 0.154. The normalized spacial score (nSPS) is 17.9. The van der Waals surface area contributed by atoms with Gasteiger partial charge in [-0.2, -0.15) is 0 Å². The number of hydrogen-bond donors (Lipinski definition) is 1. The lowest BCUT2D eigenvalue weighted by Gasteiger charge is -2.29. The maximum Gasteiger partial charge on any atom is 0.174 e. The van der Waals surface area contributed by atoms with E-state index in [1.54, 1.807) is 6.07 Å². The zero-order valence-electron chi connectivity index (χ0n) is 18.0. The summed E-state index contributed by atoms with van der Waals surface area (Å²) < 4.78 is 2.10. The van der Waals surface area contributed by atoms with E-state index < -0.39 is 0 Å². The Balaban J connectivity index is 1.66. The van der Waals surface area contributed by atoms with Gasteiger partial charge in [0.25, 0.3) is 0 Å². The van der Waals surface area contributed by atoms with E-state index in [-0.39, 0.29) is 12.1 Å². The lowest BCUT2D eigenvalue weighted by molar-refractivity contribution is 0.549. The number of hydrogen-bond acceptors (Lipinski definition) is 2. The number of thiocarbonyl (C=S) groups is 1. The number of halogens is 2. The molecule has 0 amide bonds. The molecule has 0 aliphatic carbocycles. The average molecular weight is 493 g/mol. The summed E-state index contributed by atoms with van der Waals surface area (Å²) in [6, 6.07) is 23.9. The van der Waals surface area contributed by atoms with E-state index in [1.165, 1.54) is 5.56 Å². The van der Waals surface area contributed by atoms with Crippen molar-refractivity contribution in [1.82, 2.24) is 14.9 Å². The summed E-state index contributed by atoms with van der Waals surface area (Å²) in [5.41, 5.74) is 5.14. The van der Waals surface area contributed by atoms with Crippen molar-refractivity contribution in [2.75, 3.05) is 4.90 Å². The van der Waals surface area contributed by atoms with Crippen molar-refractivity contribution in [1.29, 1.82) is 0 Å². The minimum atomic E-state index is -0.137. The van der Waals surface area contributed by atoms with Crippen LogP contribution in [0.3, 0.4) is 0 Å². The SMILES string of the molecule is CCc1ccc(N2C(=S)NC(c3ccccn3)C2c2cccn2-c2ccc(Cl)cc2Cl)cc1. The van der Waals surface area contributed by atoms with Crippen LogP contribution in [-0.4, -0.2) is 14.7 Å². The van der Waals surface area contributed by atoms with Gasteiger partial charge in [-0.25, -0.2) is 0 Å². The second-order valence-corrected chi connectivity index (χ2v) is 9.15. The van der Waals surface area contributed by atoms with Gasteiger partial charge in [0, 0.05) is 28.8 Å². The lowest BCUT2D eigenvalue weighted by atomic mass is 10.0. The fourth-order valence-corrected chi connectivity index (χ4v) is 5.20. The number of pyridine rings is 1. The molecule has 166 valence electrons. The number of aryl methyl sites for hydroxylation is 1. The van der Waals surface area contributed by atoms with Crippen LogP contribution in [0, 0.1) is 0 Å². The molecule has 2 aromatic carbocycles. The second-order valence-electron chi connectivity index (χ2n) is 7.92. The highest BCUT2D eigenvalue weighted by Gasteiger charge is 2.42. The van der Waals surface area contributed by atoms with Crippen molar-refractivity contribution in [2.45, 2.75) is 25.4 Å². The number of rotatable bonds is 5. The molecule has 0 radical (unpaired) electrons. The Hall–Kier alpha value is -2.86. The van der Waals surface area contributed by atoms with Gasteiger partial charge in [-0.3, -0.25) is 4.98 Å². The average Bonchev–Trinajstić information content (AvgIpc) is 3.44. The van der Waals surface area contributed by atoms with Gasteiger partial charge in [0.15, 0.2) is 5.11 Å². The monoisotopic (exact) mass is 492 g/mol. The van der Waals surface area contributed by atoms with E-state index in [0.717, 1.165) is 29.2 Å². The largest absolute Gasteiger partial charge is 0.351 e. The molecular formula is C26H22Cl2N4S. The van der Waals surface area contributed by atoms with Crippen molar-refractivity contribution in [3.8, 4) is 5.69 Å². The topological polar surface area (TPSA) is 33.1 Å². The number of aromatic nitrogens is 2. The predicted octanol–water partition coefficient (Wildman–Crippen LogP) is 6.92. The van der Waals surface area contributed by atoms with E-state index in [2.05, 4.69) is 57.0 Å². The third-order valence-corrected chi connectivity index (χ3v) is 6.83. The van der Waals surface area contributed by atoms with Crippen molar-refractivity contribution in [2.24, 2.45) is 0 Å². The van der Waals surface area contributed by atoms with Crippen molar-refractivity contribution in [3.63, 3.8) is 0 Å². The van der Waals surface area contributed by atoms with Crippen LogP contribution in [-0.2, 0) is 6.42 Å². The molecule has 7 heteroatoms. The third-order valence-electron chi connectivity index (χ3n) is 5.97. The highest BCUT2D eigenvalue weighted by molar-refractivity contribution is 7.80. The van der Waals surface area contributed by atoms with Crippen molar-refractivity contribution < 1.29 is 0 Å². The first-order valence-electron chi connectivity index (χ1n) is 10.8. The first-order valence-corrected chi connectivity index (χ1v) is 12.0. The van der Waals surface area contributed by atoms with Gasteiger partial charge in [0.05, 0.1) is 22.4 Å². The molecular weight excluding hydrogens is 471 g/mol. The number of anilines is 1. The Morgan fingerprint density at radius 2 is 1.82 bits per heavy atom. The molecule has 1 saturated heterocycles. The summed E-state index contributed by atoms with van der Waals surface area (Å²) in [6.07, 6.45) is 4.81. The molecule has 2 atom stereocenters. The van der Waals surface area contributed by atoms with Crippen LogP contribution in [0.4, 0.5) is 5.69 Å². The maximum atomic E-state index is 6.60. The van der Waals surface area contributed by atoms with Crippen LogP contribution in [0.1, 0.15) is 36.0 Å². The molecule has 1 aliphatic heterocycles.